The van der Waals surface area contributed by atoms with Crippen LogP contribution in [0, 0.1) is 0 Å². The van der Waals surface area contributed by atoms with Crippen LogP contribution in [0.1, 0.15) is 6.42 Å². The number of carbonyl (C=O) groups is 2. The Morgan fingerprint density at radius 2 is 1.92 bits per heavy atom. The summed E-state index contributed by atoms with van der Waals surface area (Å²) >= 11 is 1.55. The third-order valence-corrected chi connectivity index (χ3v) is 4.74. The van der Waals surface area contributed by atoms with Crippen molar-refractivity contribution in [1.29, 1.82) is 0 Å². The maximum absolute atomic E-state index is 12.2. The number of sulfone groups is 1. The summed E-state index contributed by atoms with van der Waals surface area (Å²) in [5.41, 5.74) is 0. The zero-order valence-electron chi connectivity index (χ0n) is 14.4. The monoisotopic (exact) mass is 388 g/mol. The molecule has 7 nitrogen and oxygen atoms in total. The molecule has 1 unspecified atom stereocenters. The topological polar surface area (TPSA) is 102 Å². The van der Waals surface area contributed by atoms with Crippen molar-refractivity contribution in [1.82, 2.24) is 10.6 Å². The summed E-state index contributed by atoms with van der Waals surface area (Å²) < 4.78 is 27.6. The minimum absolute atomic E-state index is 0.0177. The zero-order valence-corrected chi connectivity index (χ0v) is 16.0. The first kappa shape index (κ1) is 21.3. The second-order valence-electron chi connectivity index (χ2n) is 5.42. The highest BCUT2D eigenvalue weighted by atomic mass is 32.2. The highest BCUT2D eigenvalue weighted by molar-refractivity contribution is 7.98. The van der Waals surface area contributed by atoms with Crippen LogP contribution in [0.3, 0.4) is 0 Å². The first-order valence-electron chi connectivity index (χ1n) is 7.73. The molecule has 0 radical (unpaired) electrons. The number of carbonyl (C=O) groups excluding carboxylic acids is 2. The van der Waals surface area contributed by atoms with Crippen LogP contribution in [0.4, 0.5) is 0 Å². The highest BCUT2D eigenvalue weighted by Crippen LogP contribution is 2.08. The maximum Gasteiger partial charge on any atom is 0.258 e. The van der Waals surface area contributed by atoms with Gasteiger partial charge in [0.25, 0.3) is 5.91 Å². The van der Waals surface area contributed by atoms with E-state index in [1.807, 2.05) is 12.3 Å². The summed E-state index contributed by atoms with van der Waals surface area (Å²) in [6, 6.07) is 8.17. The van der Waals surface area contributed by atoms with E-state index in [4.69, 9.17) is 4.74 Å². The van der Waals surface area contributed by atoms with Crippen molar-refractivity contribution in [3.8, 4) is 5.75 Å². The first-order valence-corrected chi connectivity index (χ1v) is 11.2. The number of nitrogens with one attached hydrogen (secondary N) is 2. The number of rotatable bonds is 11. The molecule has 1 rings (SSSR count). The van der Waals surface area contributed by atoms with Crippen molar-refractivity contribution in [2.24, 2.45) is 0 Å². The van der Waals surface area contributed by atoms with Gasteiger partial charge in [-0.1, -0.05) is 18.2 Å². The summed E-state index contributed by atoms with van der Waals surface area (Å²) in [4.78, 5) is 24.2. The number of ether oxygens (including phenoxy) is 1. The molecule has 2 amide bonds. The average Bonchev–Trinajstić information content (AvgIpc) is 2.56. The number of amides is 2. The van der Waals surface area contributed by atoms with E-state index in [9.17, 15) is 18.0 Å². The van der Waals surface area contributed by atoms with Gasteiger partial charge in [-0.25, -0.2) is 8.42 Å². The predicted octanol–water partition coefficient (Wildman–Crippen LogP) is 0.464. The van der Waals surface area contributed by atoms with E-state index < -0.39 is 27.7 Å². The number of hydrogen-bond donors (Lipinski definition) is 2. The highest BCUT2D eigenvalue weighted by Gasteiger charge is 2.20. The van der Waals surface area contributed by atoms with Crippen molar-refractivity contribution in [2.75, 3.05) is 37.2 Å². The van der Waals surface area contributed by atoms with E-state index in [0.29, 0.717) is 17.9 Å². The molecule has 0 heterocycles. The summed E-state index contributed by atoms with van der Waals surface area (Å²) in [5, 5.41) is 5.18. The van der Waals surface area contributed by atoms with E-state index >= 15 is 0 Å². The molecule has 0 aliphatic carbocycles. The van der Waals surface area contributed by atoms with Crippen molar-refractivity contribution < 1.29 is 22.7 Å². The lowest BCUT2D eigenvalue weighted by atomic mass is 10.2. The number of para-hydroxylation sites is 1. The fourth-order valence-corrected chi connectivity index (χ4v) is 2.83. The second-order valence-corrected chi connectivity index (χ2v) is 8.67. The smallest absolute Gasteiger partial charge is 0.258 e. The Kier molecular flexibility index (Phi) is 9.36. The van der Waals surface area contributed by atoms with E-state index in [-0.39, 0.29) is 18.9 Å². The summed E-state index contributed by atoms with van der Waals surface area (Å²) in [6.45, 7) is -0.180. The Balaban J connectivity index is 2.49. The quantitative estimate of drug-likeness (QED) is 0.571. The summed E-state index contributed by atoms with van der Waals surface area (Å²) in [6.07, 6.45) is 3.45. The molecule has 0 saturated heterocycles. The molecule has 0 aliphatic heterocycles. The Morgan fingerprint density at radius 1 is 1.24 bits per heavy atom. The van der Waals surface area contributed by atoms with Gasteiger partial charge >= 0.3 is 0 Å². The standard InChI is InChI=1S/C16H24N2O5S2/c1-24-10-8-14(16(20)17-9-11-25(2,21)22)18-15(19)12-23-13-6-4-3-5-7-13/h3-7,14H,8-12H2,1-2H3,(H,17,20)(H,18,19). The molecular formula is C16H24N2O5S2. The fraction of sp³-hybridized carbons (Fsp3) is 0.500. The average molecular weight is 389 g/mol. The van der Waals surface area contributed by atoms with Crippen LogP contribution in [0.2, 0.25) is 0 Å². The van der Waals surface area contributed by atoms with Crippen molar-refractivity contribution >= 4 is 33.4 Å². The third-order valence-electron chi connectivity index (χ3n) is 3.15. The molecule has 0 saturated carbocycles. The van der Waals surface area contributed by atoms with Crippen LogP contribution >= 0.6 is 11.8 Å². The van der Waals surface area contributed by atoms with Gasteiger partial charge in [0.1, 0.15) is 21.6 Å². The minimum Gasteiger partial charge on any atom is -0.484 e. The van der Waals surface area contributed by atoms with E-state index in [0.717, 1.165) is 6.26 Å². The van der Waals surface area contributed by atoms with Crippen molar-refractivity contribution in [3.05, 3.63) is 30.3 Å². The SMILES string of the molecule is CSCCC(NC(=O)COc1ccccc1)C(=O)NCCS(C)(=O)=O. The molecule has 1 atom stereocenters. The van der Waals surface area contributed by atoms with Crippen LogP contribution in [0.5, 0.6) is 5.75 Å². The Bertz CT molecular complexity index is 650. The normalized spacial score (nSPS) is 12.2. The largest absolute Gasteiger partial charge is 0.484 e. The molecule has 0 fully saturated rings. The lowest BCUT2D eigenvalue weighted by molar-refractivity contribution is -0.130. The maximum atomic E-state index is 12.2. The molecular weight excluding hydrogens is 364 g/mol. The van der Waals surface area contributed by atoms with Gasteiger partial charge in [-0.3, -0.25) is 9.59 Å². The van der Waals surface area contributed by atoms with Crippen LogP contribution in [0.15, 0.2) is 30.3 Å². The lowest BCUT2D eigenvalue weighted by Gasteiger charge is -2.18. The first-order chi connectivity index (χ1) is 11.8. The number of benzene rings is 1. The summed E-state index contributed by atoms with van der Waals surface area (Å²) in [7, 11) is -3.15. The number of thioether (sulfide) groups is 1. The van der Waals surface area contributed by atoms with E-state index in [2.05, 4.69) is 10.6 Å². The molecule has 9 heteroatoms. The molecule has 1 aromatic carbocycles. The molecule has 0 spiro atoms. The molecule has 25 heavy (non-hydrogen) atoms. The van der Waals surface area contributed by atoms with Crippen LogP contribution in [0.25, 0.3) is 0 Å². The van der Waals surface area contributed by atoms with Gasteiger partial charge in [0, 0.05) is 12.8 Å². The third kappa shape index (κ3) is 9.98. The lowest BCUT2D eigenvalue weighted by Crippen LogP contribution is -2.49. The minimum atomic E-state index is -3.15. The Morgan fingerprint density at radius 3 is 2.52 bits per heavy atom. The number of hydrogen-bond acceptors (Lipinski definition) is 6. The van der Waals surface area contributed by atoms with Gasteiger partial charge in [-0.2, -0.15) is 11.8 Å². The molecule has 1 aromatic rings. The fourth-order valence-electron chi connectivity index (χ4n) is 1.89. The van der Waals surface area contributed by atoms with Gasteiger partial charge in [-0.15, -0.1) is 0 Å². The van der Waals surface area contributed by atoms with Gasteiger partial charge in [0.15, 0.2) is 6.61 Å². The molecule has 0 bridgehead atoms. The van der Waals surface area contributed by atoms with Crippen LogP contribution in [-0.4, -0.2) is 63.4 Å². The van der Waals surface area contributed by atoms with Crippen molar-refractivity contribution in [3.63, 3.8) is 0 Å². The van der Waals surface area contributed by atoms with Gasteiger partial charge in [-0.05, 0) is 30.6 Å². The zero-order chi connectivity index (χ0) is 18.7. The Labute approximate surface area is 152 Å². The van der Waals surface area contributed by atoms with Crippen molar-refractivity contribution in [2.45, 2.75) is 12.5 Å². The van der Waals surface area contributed by atoms with Gasteiger partial charge in [0.05, 0.1) is 5.75 Å². The van der Waals surface area contributed by atoms with E-state index in [1.54, 1.807) is 36.0 Å². The van der Waals surface area contributed by atoms with Gasteiger partial charge in [0.2, 0.25) is 5.91 Å². The predicted molar refractivity (Wildman–Crippen MR) is 99.6 cm³/mol. The second kappa shape index (κ2) is 11.0. The van der Waals surface area contributed by atoms with Crippen LogP contribution < -0.4 is 15.4 Å². The Hall–Kier alpha value is -1.74. The molecule has 2 N–H and O–H groups in total. The van der Waals surface area contributed by atoms with Gasteiger partial charge < -0.3 is 15.4 Å². The van der Waals surface area contributed by atoms with E-state index in [1.165, 1.54) is 0 Å². The summed E-state index contributed by atoms with van der Waals surface area (Å²) in [5.74, 6) is 0.304. The molecule has 140 valence electrons. The molecule has 0 aromatic heterocycles. The van der Waals surface area contributed by atoms with Crippen LogP contribution in [-0.2, 0) is 19.4 Å². The molecule has 0 aliphatic rings.